The van der Waals surface area contributed by atoms with E-state index < -0.39 is 17.5 Å². The largest absolute Gasteiger partial charge is 0.495 e. The van der Waals surface area contributed by atoms with E-state index in [-0.39, 0.29) is 18.7 Å². The Balaban J connectivity index is 1.66. The summed E-state index contributed by atoms with van der Waals surface area (Å²) in [5.41, 5.74) is 1.64. The zero-order valence-corrected chi connectivity index (χ0v) is 17.0. The first-order valence-electron chi connectivity index (χ1n) is 9.40. The monoisotopic (exact) mass is 410 g/mol. The summed E-state index contributed by atoms with van der Waals surface area (Å²) in [5.74, 6) is -0.554. The molecule has 1 aromatic carbocycles. The topological polar surface area (TPSA) is 97.2 Å². The number of aliphatic hydroxyl groups is 1. The zero-order valence-electron chi connectivity index (χ0n) is 17.0. The fraction of sp³-hybridized carbons (Fsp3) is 0.273. The highest BCUT2D eigenvalue weighted by atomic mass is 19.1. The van der Waals surface area contributed by atoms with Crippen LogP contribution in [-0.4, -0.2) is 39.6 Å². The number of nitrogens with one attached hydrogen (secondary N) is 1. The molecule has 3 aromatic rings. The summed E-state index contributed by atoms with van der Waals surface area (Å²) < 4.78 is 18.8. The lowest BCUT2D eigenvalue weighted by Gasteiger charge is -2.17. The number of hydrogen-bond donors (Lipinski definition) is 2. The van der Waals surface area contributed by atoms with E-state index in [9.17, 15) is 14.3 Å². The predicted octanol–water partition coefficient (Wildman–Crippen LogP) is 2.89. The van der Waals surface area contributed by atoms with Crippen LogP contribution in [0, 0.1) is 5.95 Å². The zero-order chi connectivity index (χ0) is 21.7. The van der Waals surface area contributed by atoms with Crippen molar-refractivity contribution in [3.63, 3.8) is 0 Å². The second-order valence-corrected chi connectivity index (χ2v) is 7.26. The van der Waals surface area contributed by atoms with Gasteiger partial charge in [-0.15, -0.1) is 0 Å². The molecule has 0 radical (unpaired) electrons. The fourth-order valence-corrected chi connectivity index (χ4v) is 2.82. The molecule has 7 nitrogen and oxygen atoms in total. The quantitative estimate of drug-likeness (QED) is 0.582. The van der Waals surface area contributed by atoms with Gasteiger partial charge in [0.2, 0.25) is 5.95 Å². The van der Waals surface area contributed by atoms with Crippen LogP contribution in [0.15, 0.2) is 48.9 Å². The first kappa shape index (κ1) is 21.3. The van der Waals surface area contributed by atoms with Crippen LogP contribution in [0.4, 0.5) is 4.39 Å². The molecular weight excluding hydrogens is 387 g/mol. The number of nitrogens with zero attached hydrogens (tertiary/aromatic N) is 3. The molecule has 0 saturated heterocycles. The SMILES string of the molecule is COc1cnc(F)c(CCNC(=O)c2cncc(-c3ccc(C(C)(C)O)cc3)n2)c1. The molecule has 0 saturated carbocycles. The molecule has 3 rings (SSSR count). The number of amides is 1. The Morgan fingerprint density at radius 1 is 1.20 bits per heavy atom. The summed E-state index contributed by atoms with van der Waals surface area (Å²) in [7, 11) is 1.48. The number of methoxy groups -OCH3 is 1. The smallest absolute Gasteiger partial charge is 0.271 e. The van der Waals surface area contributed by atoms with Gasteiger partial charge in [0.05, 0.1) is 37.0 Å². The van der Waals surface area contributed by atoms with Crippen molar-refractivity contribution < 1.29 is 19.0 Å². The minimum absolute atomic E-state index is 0.156. The van der Waals surface area contributed by atoms with Gasteiger partial charge in [-0.3, -0.25) is 9.78 Å². The normalized spacial score (nSPS) is 11.2. The van der Waals surface area contributed by atoms with Crippen LogP contribution in [0.3, 0.4) is 0 Å². The summed E-state index contributed by atoms with van der Waals surface area (Å²) in [4.78, 5) is 24.5. The number of rotatable bonds is 7. The third-order valence-electron chi connectivity index (χ3n) is 4.56. The van der Waals surface area contributed by atoms with Gasteiger partial charge in [0.15, 0.2) is 0 Å². The second kappa shape index (κ2) is 8.96. The highest BCUT2D eigenvalue weighted by Crippen LogP contribution is 2.23. The summed E-state index contributed by atoms with van der Waals surface area (Å²) >= 11 is 0. The van der Waals surface area contributed by atoms with E-state index in [0.717, 1.165) is 11.1 Å². The van der Waals surface area contributed by atoms with Gasteiger partial charge in [0.25, 0.3) is 5.91 Å². The van der Waals surface area contributed by atoms with E-state index in [1.165, 1.54) is 19.5 Å². The molecule has 0 atom stereocenters. The molecule has 2 N–H and O–H groups in total. The lowest BCUT2D eigenvalue weighted by molar-refractivity contribution is 0.0786. The van der Waals surface area contributed by atoms with Gasteiger partial charge in [0.1, 0.15) is 11.4 Å². The lowest BCUT2D eigenvalue weighted by atomic mass is 9.97. The molecule has 156 valence electrons. The first-order chi connectivity index (χ1) is 14.3. The van der Waals surface area contributed by atoms with Gasteiger partial charge in [-0.25, -0.2) is 9.97 Å². The van der Waals surface area contributed by atoms with Gasteiger partial charge >= 0.3 is 0 Å². The average Bonchev–Trinajstić information content (AvgIpc) is 2.74. The maximum Gasteiger partial charge on any atom is 0.271 e. The summed E-state index contributed by atoms with van der Waals surface area (Å²) in [6, 6.07) is 8.79. The molecule has 0 fully saturated rings. The Bertz CT molecular complexity index is 1030. The molecule has 0 aliphatic heterocycles. The molecule has 0 unspecified atom stereocenters. The van der Waals surface area contributed by atoms with Crippen molar-refractivity contribution in [3.05, 3.63) is 71.7 Å². The van der Waals surface area contributed by atoms with Gasteiger partial charge in [-0.1, -0.05) is 24.3 Å². The van der Waals surface area contributed by atoms with Crippen molar-refractivity contribution in [3.8, 4) is 17.0 Å². The van der Waals surface area contributed by atoms with E-state index in [4.69, 9.17) is 4.74 Å². The Kier molecular flexibility index (Phi) is 6.37. The number of aromatic nitrogens is 3. The molecule has 0 aliphatic rings. The van der Waals surface area contributed by atoms with E-state index in [1.807, 2.05) is 12.1 Å². The van der Waals surface area contributed by atoms with Gasteiger partial charge in [0, 0.05) is 17.7 Å². The van der Waals surface area contributed by atoms with Crippen molar-refractivity contribution in [2.75, 3.05) is 13.7 Å². The molecule has 30 heavy (non-hydrogen) atoms. The van der Waals surface area contributed by atoms with E-state index in [2.05, 4.69) is 20.3 Å². The Hall–Kier alpha value is -3.39. The Morgan fingerprint density at radius 2 is 1.93 bits per heavy atom. The summed E-state index contributed by atoms with van der Waals surface area (Å²) in [6.45, 7) is 3.62. The van der Waals surface area contributed by atoms with Crippen LogP contribution >= 0.6 is 0 Å². The minimum atomic E-state index is -0.941. The maximum absolute atomic E-state index is 13.8. The molecule has 1 amide bonds. The minimum Gasteiger partial charge on any atom is -0.495 e. The number of pyridine rings is 1. The van der Waals surface area contributed by atoms with Crippen LogP contribution in [-0.2, 0) is 12.0 Å². The van der Waals surface area contributed by atoms with Crippen LogP contribution in [0.5, 0.6) is 5.75 Å². The van der Waals surface area contributed by atoms with Crippen LogP contribution in [0.25, 0.3) is 11.3 Å². The van der Waals surface area contributed by atoms with Gasteiger partial charge in [-0.05, 0) is 31.9 Å². The van der Waals surface area contributed by atoms with E-state index in [0.29, 0.717) is 17.0 Å². The summed E-state index contributed by atoms with van der Waals surface area (Å²) in [6.07, 6.45) is 4.49. The number of carbonyl (C=O) groups excluding carboxylic acids is 1. The lowest BCUT2D eigenvalue weighted by Crippen LogP contribution is -2.27. The van der Waals surface area contributed by atoms with Gasteiger partial charge < -0.3 is 15.2 Å². The molecule has 0 spiro atoms. The van der Waals surface area contributed by atoms with Crippen LogP contribution < -0.4 is 10.1 Å². The standard InChI is InChI=1S/C22H23FN4O3/c1-22(2,29)16-6-4-14(5-7-16)18-12-24-13-19(27-18)21(28)25-9-8-15-10-17(30-3)11-26-20(15)23/h4-7,10-13,29H,8-9H2,1-3H3,(H,25,28). The number of ether oxygens (including phenoxy) is 1. The highest BCUT2D eigenvalue weighted by Gasteiger charge is 2.16. The molecule has 8 heteroatoms. The third-order valence-corrected chi connectivity index (χ3v) is 4.56. The highest BCUT2D eigenvalue weighted by molar-refractivity contribution is 5.92. The molecular formula is C22H23FN4O3. The molecule has 0 bridgehead atoms. The number of carbonyl (C=O) groups is 1. The van der Waals surface area contributed by atoms with Gasteiger partial charge in [-0.2, -0.15) is 4.39 Å². The van der Waals surface area contributed by atoms with Crippen molar-refractivity contribution in [2.45, 2.75) is 25.9 Å². The number of benzene rings is 1. The van der Waals surface area contributed by atoms with E-state index in [1.54, 1.807) is 38.2 Å². The third kappa shape index (κ3) is 5.15. The fourth-order valence-electron chi connectivity index (χ4n) is 2.82. The first-order valence-corrected chi connectivity index (χ1v) is 9.40. The number of hydrogen-bond acceptors (Lipinski definition) is 6. The van der Waals surface area contributed by atoms with Crippen molar-refractivity contribution in [1.29, 1.82) is 0 Å². The molecule has 0 aliphatic carbocycles. The van der Waals surface area contributed by atoms with E-state index >= 15 is 0 Å². The number of halogens is 1. The van der Waals surface area contributed by atoms with Crippen molar-refractivity contribution in [1.82, 2.24) is 20.3 Å². The summed E-state index contributed by atoms with van der Waals surface area (Å²) in [5, 5.41) is 12.8. The second-order valence-electron chi connectivity index (χ2n) is 7.26. The molecule has 2 aromatic heterocycles. The maximum atomic E-state index is 13.8. The Morgan fingerprint density at radius 3 is 2.60 bits per heavy atom. The van der Waals surface area contributed by atoms with Crippen molar-refractivity contribution in [2.24, 2.45) is 0 Å². The van der Waals surface area contributed by atoms with Crippen molar-refractivity contribution >= 4 is 5.91 Å². The average molecular weight is 410 g/mol. The molecule has 2 heterocycles. The predicted molar refractivity (Wildman–Crippen MR) is 109 cm³/mol. The Labute approximate surface area is 174 Å². The van der Waals surface area contributed by atoms with Crippen LogP contribution in [0.2, 0.25) is 0 Å². The van der Waals surface area contributed by atoms with Crippen LogP contribution in [0.1, 0.15) is 35.5 Å².